The molecule has 1 saturated carbocycles. The number of rotatable bonds is 7. The number of carboxylic acids is 1. The number of amides is 2. The van der Waals surface area contributed by atoms with Gasteiger partial charge in [-0.1, -0.05) is 67.8 Å². The summed E-state index contributed by atoms with van der Waals surface area (Å²) in [6.07, 6.45) is 5.28. The summed E-state index contributed by atoms with van der Waals surface area (Å²) in [5, 5.41) is 12.3. The van der Waals surface area contributed by atoms with Crippen LogP contribution in [-0.2, 0) is 14.3 Å². The Morgan fingerprint density at radius 3 is 2.14 bits per heavy atom. The average Bonchev–Trinajstić information content (AvgIpc) is 3.15. The molecule has 0 spiro atoms. The summed E-state index contributed by atoms with van der Waals surface area (Å²) in [6.45, 7) is 0.677. The second kappa shape index (κ2) is 10.1. The lowest BCUT2D eigenvalue weighted by molar-refractivity contribution is -0.157. The first-order valence-electron chi connectivity index (χ1n) is 12.7. The minimum absolute atomic E-state index is 0.0275. The van der Waals surface area contributed by atoms with Crippen molar-refractivity contribution in [2.45, 2.75) is 62.9 Å². The SMILES string of the molecule is O=C(NC(CC(=O)N1CCC1C(=O)O)C1CCCCC1)OCC1c2ccccc2-c2ccccc21. The highest BCUT2D eigenvalue weighted by atomic mass is 16.5. The van der Waals surface area contributed by atoms with Gasteiger partial charge >= 0.3 is 12.1 Å². The van der Waals surface area contributed by atoms with Gasteiger partial charge in [-0.25, -0.2) is 9.59 Å². The van der Waals surface area contributed by atoms with Crippen molar-refractivity contribution in [3.05, 3.63) is 59.7 Å². The minimum atomic E-state index is -0.969. The number of likely N-dealkylation sites (tertiary alicyclic amines) is 1. The topological polar surface area (TPSA) is 95.9 Å². The number of hydrogen-bond acceptors (Lipinski definition) is 4. The van der Waals surface area contributed by atoms with Crippen molar-refractivity contribution in [2.75, 3.05) is 13.2 Å². The van der Waals surface area contributed by atoms with Gasteiger partial charge < -0.3 is 20.1 Å². The molecule has 2 unspecified atom stereocenters. The predicted molar refractivity (Wildman–Crippen MR) is 131 cm³/mol. The molecule has 2 amide bonds. The third-order valence-electron chi connectivity index (χ3n) is 7.89. The van der Waals surface area contributed by atoms with E-state index in [0.717, 1.165) is 43.2 Å². The fourth-order valence-electron chi connectivity index (χ4n) is 5.91. The van der Waals surface area contributed by atoms with E-state index in [9.17, 15) is 19.5 Å². The average molecular weight is 477 g/mol. The van der Waals surface area contributed by atoms with Crippen molar-refractivity contribution in [3.8, 4) is 11.1 Å². The Labute approximate surface area is 205 Å². The van der Waals surface area contributed by atoms with Crippen molar-refractivity contribution in [1.82, 2.24) is 10.2 Å². The van der Waals surface area contributed by atoms with Crippen LogP contribution in [0.15, 0.2) is 48.5 Å². The van der Waals surface area contributed by atoms with E-state index in [-0.39, 0.29) is 36.8 Å². The van der Waals surface area contributed by atoms with Gasteiger partial charge in [0.15, 0.2) is 0 Å². The number of nitrogens with zero attached hydrogens (tertiary/aromatic N) is 1. The largest absolute Gasteiger partial charge is 0.480 e. The maximum absolute atomic E-state index is 12.9. The zero-order chi connectivity index (χ0) is 24.4. The second-order valence-corrected chi connectivity index (χ2v) is 9.91. The molecule has 184 valence electrons. The molecule has 2 aliphatic carbocycles. The van der Waals surface area contributed by atoms with Crippen LogP contribution in [0.25, 0.3) is 11.1 Å². The molecule has 3 aliphatic rings. The summed E-state index contributed by atoms with van der Waals surface area (Å²) < 4.78 is 5.73. The molecule has 2 aromatic rings. The molecule has 7 heteroatoms. The number of hydrogen-bond donors (Lipinski definition) is 2. The molecule has 2 N–H and O–H groups in total. The van der Waals surface area contributed by atoms with Gasteiger partial charge in [0.25, 0.3) is 0 Å². The van der Waals surface area contributed by atoms with Gasteiger partial charge in [-0.2, -0.15) is 0 Å². The number of nitrogens with one attached hydrogen (secondary N) is 1. The molecule has 7 nitrogen and oxygen atoms in total. The molecule has 35 heavy (non-hydrogen) atoms. The number of carbonyl (C=O) groups is 3. The van der Waals surface area contributed by atoms with Crippen molar-refractivity contribution in [1.29, 1.82) is 0 Å². The zero-order valence-electron chi connectivity index (χ0n) is 19.8. The highest BCUT2D eigenvalue weighted by molar-refractivity contribution is 5.86. The van der Waals surface area contributed by atoms with Crippen molar-refractivity contribution in [3.63, 3.8) is 0 Å². The summed E-state index contributed by atoms with van der Waals surface area (Å²) >= 11 is 0. The number of alkyl carbamates (subject to hydrolysis) is 1. The van der Waals surface area contributed by atoms with E-state index in [1.165, 1.54) is 16.0 Å². The van der Waals surface area contributed by atoms with Crippen LogP contribution in [0.5, 0.6) is 0 Å². The summed E-state index contributed by atoms with van der Waals surface area (Å²) in [5.74, 6) is -1.01. The third kappa shape index (κ3) is 4.77. The molecule has 2 aromatic carbocycles. The lowest BCUT2D eigenvalue weighted by Crippen LogP contribution is -2.56. The van der Waals surface area contributed by atoms with Crippen molar-refractivity contribution < 1.29 is 24.2 Å². The first-order chi connectivity index (χ1) is 17.0. The summed E-state index contributed by atoms with van der Waals surface area (Å²) in [4.78, 5) is 38.6. The van der Waals surface area contributed by atoms with E-state index in [1.807, 2.05) is 24.3 Å². The Balaban J connectivity index is 1.25. The van der Waals surface area contributed by atoms with Gasteiger partial charge in [-0.05, 0) is 47.4 Å². The van der Waals surface area contributed by atoms with Gasteiger partial charge in [-0.15, -0.1) is 0 Å². The van der Waals surface area contributed by atoms with Gasteiger partial charge in [0.2, 0.25) is 5.91 Å². The lowest BCUT2D eigenvalue weighted by Gasteiger charge is -2.39. The third-order valence-corrected chi connectivity index (χ3v) is 7.89. The molecule has 0 bridgehead atoms. The number of carboxylic acid groups (broad SMARTS) is 1. The summed E-state index contributed by atoms with van der Waals surface area (Å²) in [7, 11) is 0. The maximum Gasteiger partial charge on any atom is 0.407 e. The summed E-state index contributed by atoms with van der Waals surface area (Å²) in [5.41, 5.74) is 4.65. The van der Waals surface area contributed by atoms with Crippen LogP contribution in [0.2, 0.25) is 0 Å². The van der Waals surface area contributed by atoms with Crippen LogP contribution < -0.4 is 5.32 Å². The van der Waals surface area contributed by atoms with Gasteiger partial charge in [0.05, 0.1) is 0 Å². The van der Waals surface area contributed by atoms with E-state index in [2.05, 4.69) is 29.6 Å². The molecular formula is C28H32N2O5. The zero-order valence-corrected chi connectivity index (χ0v) is 19.8. The minimum Gasteiger partial charge on any atom is -0.480 e. The Morgan fingerprint density at radius 1 is 0.943 bits per heavy atom. The molecule has 1 saturated heterocycles. The van der Waals surface area contributed by atoms with Crippen molar-refractivity contribution in [2.24, 2.45) is 5.92 Å². The Kier molecular flexibility index (Phi) is 6.75. The Bertz CT molecular complexity index is 1060. The number of carbonyl (C=O) groups excluding carboxylic acids is 2. The predicted octanol–water partition coefficient (Wildman–Crippen LogP) is 4.55. The number of ether oxygens (including phenoxy) is 1. The number of benzene rings is 2. The maximum atomic E-state index is 12.9. The smallest absolute Gasteiger partial charge is 0.407 e. The molecular weight excluding hydrogens is 444 g/mol. The Hall–Kier alpha value is -3.35. The number of fused-ring (bicyclic) bond motifs is 3. The highest BCUT2D eigenvalue weighted by Crippen LogP contribution is 2.44. The second-order valence-electron chi connectivity index (χ2n) is 9.91. The van der Waals surface area contributed by atoms with Crippen LogP contribution in [0.1, 0.15) is 62.0 Å². The van der Waals surface area contributed by atoms with Gasteiger partial charge in [0, 0.05) is 24.9 Å². The van der Waals surface area contributed by atoms with E-state index in [4.69, 9.17) is 4.74 Å². The molecule has 2 fully saturated rings. The van der Waals surface area contributed by atoms with E-state index >= 15 is 0 Å². The summed E-state index contributed by atoms with van der Waals surface area (Å²) in [6, 6.07) is 15.3. The molecule has 2 atom stereocenters. The van der Waals surface area contributed by atoms with Crippen LogP contribution in [0, 0.1) is 5.92 Å². The molecule has 1 heterocycles. The van der Waals surface area contributed by atoms with Gasteiger partial charge in [-0.3, -0.25) is 4.79 Å². The van der Waals surface area contributed by atoms with E-state index in [0.29, 0.717) is 13.0 Å². The van der Waals surface area contributed by atoms with E-state index < -0.39 is 18.1 Å². The monoisotopic (exact) mass is 476 g/mol. The first kappa shape index (κ1) is 23.4. The lowest BCUT2D eigenvalue weighted by atomic mass is 9.82. The normalized spacial score (nSPS) is 20.3. The van der Waals surface area contributed by atoms with E-state index in [1.54, 1.807) is 0 Å². The fourth-order valence-corrected chi connectivity index (χ4v) is 5.91. The molecule has 0 aromatic heterocycles. The van der Waals surface area contributed by atoms with Crippen LogP contribution in [0.3, 0.4) is 0 Å². The van der Waals surface area contributed by atoms with Crippen LogP contribution in [0.4, 0.5) is 4.79 Å². The van der Waals surface area contributed by atoms with Crippen molar-refractivity contribution >= 4 is 18.0 Å². The quantitative estimate of drug-likeness (QED) is 0.611. The molecule has 1 aliphatic heterocycles. The van der Waals surface area contributed by atoms with Crippen LogP contribution in [-0.4, -0.2) is 53.2 Å². The molecule has 5 rings (SSSR count). The standard InChI is InChI=1S/C28H32N2O5/c31-26(30-15-14-25(30)27(32)33)16-24(18-8-2-1-3-9-18)29-28(34)35-17-23-21-12-6-4-10-19(21)20-11-5-7-13-22(20)23/h4-7,10-13,18,23-25H,1-3,8-9,14-17H2,(H,29,34)(H,32,33). The first-order valence-corrected chi connectivity index (χ1v) is 12.7. The fraction of sp³-hybridized carbons (Fsp3) is 0.464. The Morgan fingerprint density at radius 2 is 1.57 bits per heavy atom. The molecule has 0 radical (unpaired) electrons. The number of aliphatic carboxylic acids is 1. The highest BCUT2D eigenvalue weighted by Gasteiger charge is 2.39. The van der Waals surface area contributed by atoms with Crippen LogP contribution >= 0.6 is 0 Å². The van der Waals surface area contributed by atoms with Gasteiger partial charge in [0.1, 0.15) is 12.6 Å².